The lowest BCUT2D eigenvalue weighted by Crippen LogP contribution is -2.28. The molecule has 24 heavy (non-hydrogen) atoms. The number of nitrogens with zero attached hydrogens (tertiary/aromatic N) is 3. The van der Waals surface area contributed by atoms with Crippen LogP contribution >= 0.6 is 11.6 Å². The first-order valence-corrected chi connectivity index (χ1v) is 7.40. The molecule has 0 aliphatic rings. The number of aromatic nitrogens is 2. The Kier molecular flexibility index (Phi) is 4.27. The summed E-state index contributed by atoms with van der Waals surface area (Å²) in [4.78, 5) is 28.7. The van der Waals surface area contributed by atoms with Crippen molar-refractivity contribution in [2.45, 2.75) is 6.54 Å². The topological polar surface area (TPSA) is 87.8 Å². The number of rotatable bonds is 3. The Morgan fingerprint density at radius 2 is 2.08 bits per heavy atom. The number of amides is 1. The monoisotopic (exact) mass is 338 g/mol. The van der Waals surface area contributed by atoms with Gasteiger partial charge in [0.25, 0.3) is 5.56 Å². The fourth-order valence-corrected chi connectivity index (χ4v) is 2.45. The average molecular weight is 339 g/mol. The third-order valence-corrected chi connectivity index (χ3v) is 3.66. The van der Waals surface area contributed by atoms with Gasteiger partial charge in [-0.1, -0.05) is 23.7 Å². The van der Waals surface area contributed by atoms with Gasteiger partial charge in [-0.15, -0.1) is 0 Å². The van der Waals surface area contributed by atoms with E-state index in [0.29, 0.717) is 21.6 Å². The van der Waals surface area contributed by atoms with E-state index in [4.69, 9.17) is 16.9 Å². The van der Waals surface area contributed by atoms with Crippen molar-refractivity contribution in [1.82, 2.24) is 9.55 Å². The highest BCUT2D eigenvalue weighted by atomic mass is 35.5. The van der Waals surface area contributed by atoms with Crippen molar-refractivity contribution in [3.8, 4) is 6.07 Å². The summed E-state index contributed by atoms with van der Waals surface area (Å²) < 4.78 is 1.22. The molecule has 0 aliphatic heterocycles. The van der Waals surface area contributed by atoms with Crippen LogP contribution in [0.15, 0.2) is 53.6 Å². The summed E-state index contributed by atoms with van der Waals surface area (Å²) in [6.45, 7) is -0.214. The standard InChI is InChI=1S/C17H11ClN4O2/c18-12-6-5-11(8-19)15(7-12)21-16(23)9-22-10-20-14-4-2-1-3-13(14)17(22)24/h1-7,10H,9H2,(H,21,23). The quantitative estimate of drug-likeness (QED) is 0.795. The van der Waals surface area contributed by atoms with Gasteiger partial charge in [0.2, 0.25) is 5.91 Å². The SMILES string of the molecule is N#Cc1ccc(Cl)cc1NC(=O)Cn1cnc2ccccc2c1=O. The molecule has 0 spiro atoms. The highest BCUT2D eigenvalue weighted by Gasteiger charge is 2.10. The van der Waals surface area contributed by atoms with E-state index >= 15 is 0 Å². The van der Waals surface area contributed by atoms with Crippen molar-refractivity contribution >= 4 is 34.1 Å². The molecule has 0 bridgehead atoms. The maximum absolute atomic E-state index is 12.4. The van der Waals surface area contributed by atoms with Crippen LogP contribution in [0.5, 0.6) is 0 Å². The minimum absolute atomic E-state index is 0.214. The molecular weight excluding hydrogens is 328 g/mol. The zero-order valence-electron chi connectivity index (χ0n) is 12.4. The Morgan fingerprint density at radius 1 is 1.29 bits per heavy atom. The predicted octanol–water partition coefficient (Wildman–Crippen LogP) is 2.56. The second kappa shape index (κ2) is 6.52. The number of hydrogen-bond donors (Lipinski definition) is 1. The first-order valence-electron chi connectivity index (χ1n) is 7.02. The molecule has 0 atom stereocenters. The van der Waals surface area contributed by atoms with Crippen molar-refractivity contribution in [3.63, 3.8) is 0 Å². The van der Waals surface area contributed by atoms with E-state index in [-0.39, 0.29) is 17.7 Å². The molecule has 0 radical (unpaired) electrons. The van der Waals surface area contributed by atoms with Crippen molar-refractivity contribution in [3.05, 3.63) is 69.7 Å². The number of carbonyl (C=O) groups is 1. The van der Waals surface area contributed by atoms with Crippen LogP contribution in [0.2, 0.25) is 5.02 Å². The Hall–Kier alpha value is -3.17. The number of nitriles is 1. The summed E-state index contributed by atoms with van der Waals surface area (Å²) in [6.07, 6.45) is 1.33. The Labute approximate surface area is 141 Å². The molecule has 2 aromatic carbocycles. The van der Waals surface area contributed by atoms with Crippen LogP contribution in [-0.2, 0) is 11.3 Å². The lowest BCUT2D eigenvalue weighted by molar-refractivity contribution is -0.116. The van der Waals surface area contributed by atoms with Gasteiger partial charge in [-0.25, -0.2) is 4.98 Å². The first kappa shape index (κ1) is 15.7. The molecule has 6 nitrogen and oxygen atoms in total. The maximum atomic E-state index is 12.4. The van der Waals surface area contributed by atoms with E-state index in [1.54, 1.807) is 30.3 Å². The van der Waals surface area contributed by atoms with Crippen molar-refractivity contribution in [1.29, 1.82) is 5.26 Å². The largest absolute Gasteiger partial charge is 0.323 e. The predicted molar refractivity (Wildman–Crippen MR) is 90.8 cm³/mol. The molecule has 0 saturated carbocycles. The van der Waals surface area contributed by atoms with Gasteiger partial charge in [-0.3, -0.25) is 14.2 Å². The summed E-state index contributed by atoms with van der Waals surface area (Å²) in [5, 5.41) is 12.5. The molecule has 0 saturated heterocycles. The van der Waals surface area contributed by atoms with Gasteiger partial charge in [0.05, 0.1) is 28.5 Å². The van der Waals surface area contributed by atoms with Crippen LogP contribution in [0.1, 0.15) is 5.56 Å². The number of fused-ring (bicyclic) bond motifs is 1. The van der Waals surface area contributed by atoms with Gasteiger partial charge in [0, 0.05) is 5.02 Å². The van der Waals surface area contributed by atoms with Gasteiger partial charge >= 0.3 is 0 Å². The van der Waals surface area contributed by atoms with Crippen LogP contribution in [0.3, 0.4) is 0 Å². The number of anilines is 1. The van der Waals surface area contributed by atoms with E-state index in [1.165, 1.54) is 23.0 Å². The number of benzene rings is 2. The number of carbonyl (C=O) groups excluding carboxylic acids is 1. The molecule has 0 fully saturated rings. The Morgan fingerprint density at radius 3 is 2.88 bits per heavy atom. The molecule has 0 aliphatic carbocycles. The molecular formula is C17H11ClN4O2. The van der Waals surface area contributed by atoms with E-state index < -0.39 is 5.91 Å². The number of para-hydroxylation sites is 1. The second-order valence-electron chi connectivity index (χ2n) is 5.04. The minimum Gasteiger partial charge on any atom is -0.323 e. The van der Waals surface area contributed by atoms with E-state index in [9.17, 15) is 9.59 Å². The van der Waals surface area contributed by atoms with Crippen LogP contribution in [-0.4, -0.2) is 15.5 Å². The molecule has 1 amide bonds. The van der Waals surface area contributed by atoms with Gasteiger partial charge in [-0.05, 0) is 30.3 Å². The maximum Gasteiger partial charge on any atom is 0.261 e. The smallest absolute Gasteiger partial charge is 0.261 e. The molecule has 1 aromatic heterocycles. The average Bonchev–Trinajstić information content (AvgIpc) is 2.58. The molecule has 3 aromatic rings. The van der Waals surface area contributed by atoms with Crippen molar-refractivity contribution in [2.75, 3.05) is 5.32 Å². The molecule has 118 valence electrons. The molecule has 0 unspecified atom stereocenters. The number of nitrogens with one attached hydrogen (secondary N) is 1. The zero-order chi connectivity index (χ0) is 17.1. The Bertz CT molecular complexity index is 1040. The highest BCUT2D eigenvalue weighted by molar-refractivity contribution is 6.31. The molecule has 1 heterocycles. The van der Waals surface area contributed by atoms with Crippen LogP contribution in [0.4, 0.5) is 5.69 Å². The van der Waals surface area contributed by atoms with E-state index in [0.717, 1.165) is 0 Å². The summed E-state index contributed by atoms with van der Waals surface area (Å²) in [5.41, 5.74) is 0.858. The van der Waals surface area contributed by atoms with Crippen LogP contribution < -0.4 is 10.9 Å². The van der Waals surface area contributed by atoms with Crippen LogP contribution in [0, 0.1) is 11.3 Å². The summed E-state index contributed by atoms with van der Waals surface area (Å²) in [5.74, 6) is -0.451. The molecule has 3 rings (SSSR count). The first-order chi connectivity index (χ1) is 11.6. The van der Waals surface area contributed by atoms with Gasteiger partial charge in [0.15, 0.2) is 0 Å². The third-order valence-electron chi connectivity index (χ3n) is 3.42. The van der Waals surface area contributed by atoms with Crippen molar-refractivity contribution < 1.29 is 4.79 Å². The highest BCUT2D eigenvalue weighted by Crippen LogP contribution is 2.20. The van der Waals surface area contributed by atoms with E-state index in [2.05, 4.69) is 10.3 Å². The van der Waals surface area contributed by atoms with Gasteiger partial charge in [-0.2, -0.15) is 5.26 Å². The lowest BCUT2D eigenvalue weighted by atomic mass is 10.2. The van der Waals surface area contributed by atoms with Gasteiger partial charge in [0.1, 0.15) is 12.6 Å². The summed E-state index contributed by atoms with van der Waals surface area (Å²) in [7, 11) is 0. The van der Waals surface area contributed by atoms with Gasteiger partial charge < -0.3 is 5.32 Å². The summed E-state index contributed by atoms with van der Waals surface area (Å²) in [6, 6.07) is 13.4. The fraction of sp³-hybridized carbons (Fsp3) is 0.0588. The van der Waals surface area contributed by atoms with Crippen molar-refractivity contribution in [2.24, 2.45) is 0 Å². The molecule has 1 N–H and O–H groups in total. The fourth-order valence-electron chi connectivity index (χ4n) is 2.28. The van der Waals surface area contributed by atoms with Crippen LogP contribution in [0.25, 0.3) is 10.9 Å². The number of halogens is 1. The third kappa shape index (κ3) is 3.12. The number of hydrogen-bond acceptors (Lipinski definition) is 4. The minimum atomic E-state index is -0.451. The normalized spacial score (nSPS) is 10.3. The zero-order valence-corrected chi connectivity index (χ0v) is 13.1. The summed E-state index contributed by atoms with van der Waals surface area (Å²) >= 11 is 5.88. The lowest BCUT2D eigenvalue weighted by Gasteiger charge is -2.09. The van der Waals surface area contributed by atoms with E-state index in [1.807, 2.05) is 6.07 Å². The second-order valence-corrected chi connectivity index (χ2v) is 5.48. The Balaban J connectivity index is 1.86. The molecule has 7 heteroatoms.